The average molecular weight is 334 g/mol. The Balaban J connectivity index is 2.08. The van der Waals surface area contributed by atoms with E-state index in [4.69, 9.17) is 0 Å². The normalized spacial score (nSPS) is 10.6. The van der Waals surface area contributed by atoms with Crippen LogP contribution in [0, 0.1) is 0 Å². The van der Waals surface area contributed by atoms with E-state index in [1.807, 2.05) is 24.5 Å². The topological polar surface area (TPSA) is 28.2 Å². The number of hydrogen-bond donors (Lipinski definition) is 1. The predicted octanol–water partition coefficient (Wildman–Crippen LogP) is 3.59. The number of nitrogens with one attached hydrogen (secondary N) is 1. The lowest BCUT2D eigenvalue weighted by Gasteiger charge is -2.21. The van der Waals surface area contributed by atoms with Crippen LogP contribution in [0.3, 0.4) is 0 Å². The van der Waals surface area contributed by atoms with Gasteiger partial charge in [0.15, 0.2) is 0 Å². The molecule has 0 aliphatic rings. The van der Waals surface area contributed by atoms with Crippen molar-refractivity contribution in [3.05, 3.63) is 58.3 Å². The number of hydrogen-bond acceptors (Lipinski definition) is 3. The van der Waals surface area contributed by atoms with Crippen molar-refractivity contribution >= 4 is 21.6 Å². The first-order valence-electron chi connectivity index (χ1n) is 6.80. The molecule has 0 aliphatic heterocycles. The summed E-state index contributed by atoms with van der Waals surface area (Å²) >= 11 is 3.67. The maximum atomic E-state index is 4.05. The zero-order valence-electron chi connectivity index (χ0n) is 11.9. The number of nitrogens with zero attached hydrogens (tertiary/aromatic N) is 2. The number of anilines is 1. The zero-order valence-corrected chi connectivity index (χ0v) is 13.5. The molecule has 2 rings (SSSR count). The molecular formula is C16H20BrN3. The second-order valence-electron chi connectivity index (χ2n) is 4.78. The minimum absolute atomic E-state index is 0.869. The van der Waals surface area contributed by atoms with Crippen LogP contribution in [-0.4, -0.2) is 18.6 Å². The van der Waals surface area contributed by atoms with Crippen molar-refractivity contribution in [2.75, 3.05) is 18.5 Å². The van der Waals surface area contributed by atoms with E-state index in [0.29, 0.717) is 0 Å². The van der Waals surface area contributed by atoms with Crippen LogP contribution in [0.15, 0.2) is 47.2 Å². The van der Waals surface area contributed by atoms with Crippen LogP contribution in [-0.2, 0) is 13.1 Å². The maximum Gasteiger partial charge on any atom is 0.0511 e. The Labute approximate surface area is 129 Å². The molecular weight excluding hydrogens is 314 g/mol. The van der Waals surface area contributed by atoms with Crippen molar-refractivity contribution < 1.29 is 0 Å². The van der Waals surface area contributed by atoms with E-state index in [1.54, 1.807) is 0 Å². The van der Waals surface area contributed by atoms with E-state index in [2.05, 4.69) is 63.3 Å². The fraction of sp³-hybridized carbons (Fsp3) is 0.312. The monoisotopic (exact) mass is 333 g/mol. The Morgan fingerprint density at radius 1 is 1.15 bits per heavy atom. The van der Waals surface area contributed by atoms with Gasteiger partial charge in [-0.05, 0) is 57.9 Å². The van der Waals surface area contributed by atoms with Gasteiger partial charge in [-0.25, -0.2) is 0 Å². The standard InChI is InChI=1S/C16H20BrN3/c1-3-18-11-14-4-5-16(15(17)10-14)20(2)12-13-6-8-19-9-7-13/h4-10,18H,3,11-12H2,1-2H3. The van der Waals surface area contributed by atoms with Gasteiger partial charge in [0.2, 0.25) is 0 Å². The van der Waals surface area contributed by atoms with Gasteiger partial charge in [0.05, 0.1) is 5.69 Å². The highest BCUT2D eigenvalue weighted by molar-refractivity contribution is 9.10. The van der Waals surface area contributed by atoms with Crippen LogP contribution in [0.2, 0.25) is 0 Å². The summed E-state index contributed by atoms with van der Waals surface area (Å²) in [6.07, 6.45) is 3.66. The summed E-state index contributed by atoms with van der Waals surface area (Å²) in [5.41, 5.74) is 3.74. The molecule has 0 fully saturated rings. The second-order valence-corrected chi connectivity index (χ2v) is 5.63. The molecule has 20 heavy (non-hydrogen) atoms. The first-order chi connectivity index (χ1) is 9.70. The van der Waals surface area contributed by atoms with Gasteiger partial charge in [0.25, 0.3) is 0 Å². The second kappa shape index (κ2) is 7.41. The summed E-state index contributed by atoms with van der Waals surface area (Å²) in [7, 11) is 2.10. The fourth-order valence-corrected chi connectivity index (χ4v) is 2.82. The first-order valence-corrected chi connectivity index (χ1v) is 7.59. The van der Waals surface area contributed by atoms with E-state index < -0.39 is 0 Å². The summed E-state index contributed by atoms with van der Waals surface area (Å²) in [6.45, 7) is 4.88. The largest absolute Gasteiger partial charge is 0.369 e. The maximum absolute atomic E-state index is 4.05. The van der Waals surface area contributed by atoms with Crippen LogP contribution in [0.4, 0.5) is 5.69 Å². The molecule has 0 saturated heterocycles. The molecule has 1 aromatic carbocycles. The highest BCUT2D eigenvalue weighted by Gasteiger charge is 2.07. The molecule has 0 radical (unpaired) electrons. The lowest BCUT2D eigenvalue weighted by atomic mass is 10.2. The highest BCUT2D eigenvalue weighted by Crippen LogP contribution is 2.27. The van der Waals surface area contributed by atoms with Gasteiger partial charge in [0, 0.05) is 37.0 Å². The van der Waals surface area contributed by atoms with Crippen LogP contribution in [0.25, 0.3) is 0 Å². The minimum Gasteiger partial charge on any atom is -0.369 e. The van der Waals surface area contributed by atoms with E-state index in [9.17, 15) is 0 Å². The molecule has 1 N–H and O–H groups in total. The van der Waals surface area contributed by atoms with E-state index in [-0.39, 0.29) is 0 Å². The van der Waals surface area contributed by atoms with Gasteiger partial charge in [-0.2, -0.15) is 0 Å². The van der Waals surface area contributed by atoms with Gasteiger partial charge >= 0.3 is 0 Å². The van der Waals surface area contributed by atoms with Crippen molar-refractivity contribution in [3.63, 3.8) is 0 Å². The molecule has 1 aromatic heterocycles. The average Bonchev–Trinajstić information content (AvgIpc) is 2.46. The Hall–Kier alpha value is -1.39. The third-order valence-corrected chi connectivity index (χ3v) is 3.81. The van der Waals surface area contributed by atoms with Crippen LogP contribution >= 0.6 is 15.9 Å². The number of rotatable bonds is 6. The molecule has 2 aromatic rings. The van der Waals surface area contributed by atoms with Gasteiger partial charge in [-0.15, -0.1) is 0 Å². The third-order valence-electron chi connectivity index (χ3n) is 3.17. The smallest absolute Gasteiger partial charge is 0.0511 e. The number of pyridine rings is 1. The molecule has 1 heterocycles. The molecule has 0 amide bonds. The van der Waals surface area contributed by atoms with E-state index in [1.165, 1.54) is 16.8 Å². The van der Waals surface area contributed by atoms with Gasteiger partial charge in [-0.3, -0.25) is 4.98 Å². The van der Waals surface area contributed by atoms with Gasteiger partial charge in [0.1, 0.15) is 0 Å². The molecule has 0 unspecified atom stereocenters. The Morgan fingerprint density at radius 2 is 1.90 bits per heavy atom. The number of benzene rings is 1. The molecule has 4 heteroatoms. The minimum atomic E-state index is 0.869. The Kier molecular flexibility index (Phi) is 5.56. The van der Waals surface area contributed by atoms with Gasteiger partial charge in [-0.1, -0.05) is 13.0 Å². The third kappa shape index (κ3) is 4.05. The quantitative estimate of drug-likeness (QED) is 0.875. The predicted molar refractivity (Wildman–Crippen MR) is 87.9 cm³/mol. The molecule has 0 bridgehead atoms. The molecule has 0 saturated carbocycles. The first kappa shape index (κ1) is 15.0. The van der Waals surface area contributed by atoms with Crippen molar-refractivity contribution in [2.45, 2.75) is 20.0 Å². The summed E-state index contributed by atoms with van der Waals surface area (Å²) in [5.74, 6) is 0. The number of aromatic nitrogens is 1. The van der Waals surface area contributed by atoms with Crippen LogP contribution in [0.1, 0.15) is 18.1 Å². The Bertz CT molecular complexity index is 543. The zero-order chi connectivity index (χ0) is 14.4. The van der Waals surface area contributed by atoms with Crippen molar-refractivity contribution in [3.8, 4) is 0 Å². The van der Waals surface area contributed by atoms with Crippen molar-refractivity contribution in [2.24, 2.45) is 0 Å². The van der Waals surface area contributed by atoms with Crippen molar-refractivity contribution in [1.29, 1.82) is 0 Å². The SMILES string of the molecule is CCNCc1ccc(N(C)Cc2ccncc2)c(Br)c1. The van der Waals surface area contributed by atoms with Crippen molar-refractivity contribution in [1.82, 2.24) is 10.3 Å². The van der Waals surface area contributed by atoms with Crippen LogP contribution in [0.5, 0.6) is 0 Å². The number of halogens is 1. The van der Waals surface area contributed by atoms with E-state index in [0.717, 1.165) is 24.1 Å². The Morgan fingerprint density at radius 3 is 2.55 bits per heavy atom. The summed E-state index contributed by atoms with van der Waals surface area (Å²) in [5, 5.41) is 3.34. The van der Waals surface area contributed by atoms with Gasteiger partial charge < -0.3 is 10.2 Å². The summed E-state index contributed by atoms with van der Waals surface area (Å²) in [6, 6.07) is 10.6. The summed E-state index contributed by atoms with van der Waals surface area (Å²) in [4.78, 5) is 6.28. The fourth-order valence-electron chi connectivity index (χ4n) is 2.09. The molecule has 3 nitrogen and oxygen atoms in total. The molecule has 0 aliphatic carbocycles. The highest BCUT2D eigenvalue weighted by atomic mass is 79.9. The van der Waals surface area contributed by atoms with Crippen LogP contribution < -0.4 is 10.2 Å². The summed E-state index contributed by atoms with van der Waals surface area (Å²) < 4.78 is 1.13. The lowest BCUT2D eigenvalue weighted by Crippen LogP contribution is -2.17. The molecule has 0 atom stereocenters. The lowest BCUT2D eigenvalue weighted by molar-refractivity contribution is 0.726. The molecule has 106 valence electrons. The van der Waals surface area contributed by atoms with E-state index >= 15 is 0 Å². The molecule has 0 spiro atoms.